The molecule has 1 aromatic carbocycles. The molecule has 0 saturated carbocycles. The van der Waals surface area contributed by atoms with E-state index < -0.39 is 0 Å². The van der Waals surface area contributed by atoms with Crippen LogP contribution in [0.3, 0.4) is 0 Å². The highest BCUT2D eigenvalue weighted by atomic mass is 35.5. The lowest BCUT2D eigenvalue weighted by atomic mass is 9.95. The summed E-state index contributed by atoms with van der Waals surface area (Å²) in [6.07, 6.45) is 1.07. The number of carbonyl (C=O) groups excluding carboxylic acids is 1. The molecule has 1 aliphatic rings. The van der Waals surface area contributed by atoms with E-state index in [0.29, 0.717) is 16.6 Å². The summed E-state index contributed by atoms with van der Waals surface area (Å²) in [6, 6.07) is 9.30. The zero-order valence-electron chi connectivity index (χ0n) is 12.4. The minimum Gasteiger partial charge on any atom is -0.346 e. The molecule has 1 aliphatic heterocycles. The minimum absolute atomic E-state index is 0.117. The first-order chi connectivity index (χ1) is 10.6. The van der Waals surface area contributed by atoms with Crippen molar-refractivity contribution in [3.63, 3.8) is 0 Å². The number of aromatic amines is 1. The standard InChI is InChI=1S/C16H19ClN4O/c1-10-6-7-18-9-15(10)19-16(22)14-8-13(20-21-14)11-2-4-12(17)5-3-11/h2-5,8,10,15,18H,6-7,9H2,1H3,(H,19,22)(H,20,21). The van der Waals surface area contributed by atoms with Crippen molar-refractivity contribution in [2.24, 2.45) is 5.92 Å². The van der Waals surface area contributed by atoms with Crippen LogP contribution in [0, 0.1) is 5.92 Å². The van der Waals surface area contributed by atoms with E-state index in [1.54, 1.807) is 18.2 Å². The van der Waals surface area contributed by atoms with Crippen molar-refractivity contribution in [2.75, 3.05) is 13.1 Å². The van der Waals surface area contributed by atoms with Gasteiger partial charge in [0.05, 0.1) is 5.69 Å². The van der Waals surface area contributed by atoms with Gasteiger partial charge in [-0.2, -0.15) is 5.10 Å². The van der Waals surface area contributed by atoms with Crippen LogP contribution in [-0.2, 0) is 0 Å². The maximum absolute atomic E-state index is 12.3. The topological polar surface area (TPSA) is 69.8 Å². The predicted molar refractivity (Wildman–Crippen MR) is 86.9 cm³/mol. The summed E-state index contributed by atoms with van der Waals surface area (Å²) in [5, 5.41) is 14.1. The van der Waals surface area contributed by atoms with Crippen LogP contribution >= 0.6 is 11.6 Å². The monoisotopic (exact) mass is 318 g/mol. The van der Waals surface area contributed by atoms with Gasteiger partial charge in [0.25, 0.3) is 5.91 Å². The first kappa shape index (κ1) is 15.1. The third-order valence-corrected chi connectivity index (χ3v) is 4.36. The number of rotatable bonds is 3. The lowest BCUT2D eigenvalue weighted by Crippen LogP contribution is -2.50. The normalized spacial score (nSPS) is 21.5. The van der Waals surface area contributed by atoms with E-state index in [0.717, 1.165) is 30.8 Å². The molecule has 0 bridgehead atoms. The number of hydrogen-bond donors (Lipinski definition) is 3. The molecule has 116 valence electrons. The molecule has 1 aromatic heterocycles. The van der Waals surface area contributed by atoms with E-state index in [1.165, 1.54) is 0 Å². The molecule has 0 spiro atoms. The fourth-order valence-corrected chi connectivity index (χ4v) is 2.76. The smallest absolute Gasteiger partial charge is 0.269 e. The highest BCUT2D eigenvalue weighted by Gasteiger charge is 2.23. The zero-order valence-corrected chi connectivity index (χ0v) is 13.2. The second kappa shape index (κ2) is 6.50. The molecule has 2 unspecified atom stereocenters. The molecule has 1 saturated heterocycles. The fraction of sp³-hybridized carbons (Fsp3) is 0.375. The van der Waals surface area contributed by atoms with E-state index in [2.05, 4.69) is 27.8 Å². The quantitative estimate of drug-likeness (QED) is 0.814. The van der Waals surface area contributed by atoms with Crippen molar-refractivity contribution in [3.05, 3.63) is 41.0 Å². The fourth-order valence-electron chi connectivity index (χ4n) is 2.64. The van der Waals surface area contributed by atoms with E-state index >= 15 is 0 Å². The number of halogens is 1. The van der Waals surface area contributed by atoms with E-state index in [1.807, 2.05) is 12.1 Å². The van der Waals surface area contributed by atoms with Crippen LogP contribution in [0.4, 0.5) is 0 Å². The van der Waals surface area contributed by atoms with Gasteiger partial charge in [0.1, 0.15) is 5.69 Å². The molecule has 3 N–H and O–H groups in total. The Bertz CT molecular complexity index is 652. The molecule has 3 rings (SSSR count). The molecule has 1 fully saturated rings. The van der Waals surface area contributed by atoms with Crippen LogP contribution in [0.2, 0.25) is 5.02 Å². The third-order valence-electron chi connectivity index (χ3n) is 4.11. The Hall–Kier alpha value is -1.85. The van der Waals surface area contributed by atoms with Crippen molar-refractivity contribution in [2.45, 2.75) is 19.4 Å². The van der Waals surface area contributed by atoms with Crippen molar-refractivity contribution in [3.8, 4) is 11.3 Å². The van der Waals surface area contributed by atoms with Gasteiger partial charge in [-0.3, -0.25) is 9.89 Å². The number of hydrogen-bond acceptors (Lipinski definition) is 3. The largest absolute Gasteiger partial charge is 0.346 e. The number of carbonyl (C=O) groups is 1. The maximum Gasteiger partial charge on any atom is 0.269 e. The molecule has 2 aromatic rings. The van der Waals surface area contributed by atoms with Crippen molar-refractivity contribution in [1.29, 1.82) is 0 Å². The van der Waals surface area contributed by atoms with Gasteiger partial charge >= 0.3 is 0 Å². The van der Waals surface area contributed by atoms with Crippen LogP contribution in [0.5, 0.6) is 0 Å². The molecule has 22 heavy (non-hydrogen) atoms. The maximum atomic E-state index is 12.3. The molecular formula is C16H19ClN4O. The number of aromatic nitrogens is 2. The van der Waals surface area contributed by atoms with E-state index in [4.69, 9.17) is 11.6 Å². The van der Waals surface area contributed by atoms with Crippen LogP contribution < -0.4 is 10.6 Å². The minimum atomic E-state index is -0.117. The van der Waals surface area contributed by atoms with E-state index in [9.17, 15) is 4.79 Å². The summed E-state index contributed by atoms with van der Waals surface area (Å²) in [6.45, 7) is 3.99. The van der Waals surface area contributed by atoms with Crippen molar-refractivity contribution >= 4 is 17.5 Å². The summed E-state index contributed by atoms with van der Waals surface area (Å²) in [7, 11) is 0. The molecule has 0 aliphatic carbocycles. The number of benzene rings is 1. The number of H-pyrrole nitrogens is 1. The van der Waals surface area contributed by atoms with Crippen LogP contribution in [-0.4, -0.2) is 35.2 Å². The number of nitrogens with one attached hydrogen (secondary N) is 3. The Kier molecular flexibility index (Phi) is 4.45. The van der Waals surface area contributed by atoms with Gasteiger partial charge in [-0.15, -0.1) is 0 Å². The summed E-state index contributed by atoms with van der Waals surface area (Å²) >= 11 is 5.88. The predicted octanol–water partition coefficient (Wildman–Crippen LogP) is 2.46. The van der Waals surface area contributed by atoms with Gasteiger partial charge in [-0.25, -0.2) is 0 Å². The van der Waals surface area contributed by atoms with Gasteiger partial charge in [-0.1, -0.05) is 30.7 Å². The Balaban J connectivity index is 1.70. The second-order valence-corrected chi connectivity index (χ2v) is 6.16. The zero-order chi connectivity index (χ0) is 15.5. The van der Waals surface area contributed by atoms with Gasteiger partial charge in [-0.05, 0) is 37.1 Å². The van der Waals surface area contributed by atoms with Crippen molar-refractivity contribution in [1.82, 2.24) is 20.8 Å². The van der Waals surface area contributed by atoms with Crippen molar-refractivity contribution < 1.29 is 4.79 Å². The average Bonchev–Trinajstić information content (AvgIpc) is 3.00. The Morgan fingerprint density at radius 2 is 2.14 bits per heavy atom. The number of piperidine rings is 1. The lowest BCUT2D eigenvalue weighted by Gasteiger charge is -2.29. The Morgan fingerprint density at radius 3 is 2.86 bits per heavy atom. The Morgan fingerprint density at radius 1 is 1.36 bits per heavy atom. The van der Waals surface area contributed by atoms with Crippen LogP contribution in [0.15, 0.2) is 30.3 Å². The van der Waals surface area contributed by atoms with Gasteiger partial charge in [0, 0.05) is 23.2 Å². The lowest BCUT2D eigenvalue weighted by molar-refractivity contribution is 0.0910. The molecule has 2 atom stereocenters. The molecule has 1 amide bonds. The molecular weight excluding hydrogens is 300 g/mol. The molecule has 5 nitrogen and oxygen atoms in total. The van der Waals surface area contributed by atoms with Gasteiger partial charge in [0.2, 0.25) is 0 Å². The SMILES string of the molecule is CC1CCNCC1NC(=O)c1cc(-c2ccc(Cl)cc2)n[nH]1. The molecule has 2 heterocycles. The number of amides is 1. The highest BCUT2D eigenvalue weighted by molar-refractivity contribution is 6.30. The summed E-state index contributed by atoms with van der Waals surface area (Å²) in [5.41, 5.74) is 2.13. The van der Waals surface area contributed by atoms with Crippen LogP contribution in [0.1, 0.15) is 23.8 Å². The molecule has 0 radical (unpaired) electrons. The second-order valence-electron chi connectivity index (χ2n) is 5.72. The first-order valence-corrected chi connectivity index (χ1v) is 7.84. The summed E-state index contributed by atoms with van der Waals surface area (Å²) in [4.78, 5) is 12.3. The highest BCUT2D eigenvalue weighted by Crippen LogP contribution is 2.20. The van der Waals surface area contributed by atoms with Gasteiger partial charge < -0.3 is 10.6 Å². The van der Waals surface area contributed by atoms with Gasteiger partial charge in [0.15, 0.2) is 0 Å². The summed E-state index contributed by atoms with van der Waals surface area (Å²) < 4.78 is 0. The van der Waals surface area contributed by atoms with Crippen LogP contribution in [0.25, 0.3) is 11.3 Å². The average molecular weight is 319 g/mol. The Labute approximate surface area is 134 Å². The molecule has 6 heteroatoms. The third kappa shape index (κ3) is 3.31. The number of nitrogens with zero attached hydrogens (tertiary/aromatic N) is 1. The summed E-state index contributed by atoms with van der Waals surface area (Å²) in [5.74, 6) is 0.358. The van der Waals surface area contributed by atoms with E-state index in [-0.39, 0.29) is 11.9 Å². The first-order valence-electron chi connectivity index (χ1n) is 7.46.